The fourth-order valence-corrected chi connectivity index (χ4v) is 0.370. The van der Waals surface area contributed by atoms with E-state index in [1.165, 1.54) is 0 Å². The maximum atomic E-state index is 9.56. The van der Waals surface area contributed by atoms with Crippen LogP contribution in [0.5, 0.6) is 0 Å². The molecule has 0 aliphatic carbocycles. The lowest BCUT2D eigenvalue weighted by Crippen LogP contribution is -2.03. The van der Waals surface area contributed by atoms with Crippen molar-refractivity contribution in [2.75, 3.05) is 13.2 Å². The summed E-state index contributed by atoms with van der Waals surface area (Å²) in [5.41, 5.74) is 0. The van der Waals surface area contributed by atoms with Crippen LogP contribution in [0.15, 0.2) is 0 Å². The van der Waals surface area contributed by atoms with Crippen LogP contribution in [0.2, 0.25) is 0 Å². The van der Waals surface area contributed by atoms with Crippen molar-refractivity contribution in [1.82, 2.24) is 0 Å². The van der Waals surface area contributed by atoms with Crippen LogP contribution in [0, 0.1) is 0 Å². The molecule has 5 heteroatoms. The average Bonchev–Trinajstić information content (AvgIpc) is 1.67. The third-order valence-corrected chi connectivity index (χ3v) is 0.803. The molecule has 0 spiro atoms. The highest BCUT2D eigenvalue weighted by molar-refractivity contribution is 6.24. The summed E-state index contributed by atoms with van der Waals surface area (Å²) in [5.74, 6) is 0. The van der Waals surface area contributed by atoms with Crippen LogP contribution in [0.4, 0.5) is 0 Å². The molecule has 0 unspecified atom stereocenters. The van der Waals surface area contributed by atoms with Crippen molar-refractivity contribution >= 4 is 9.17 Å². The third-order valence-electron chi connectivity index (χ3n) is 0.268. The second-order valence-electron chi connectivity index (χ2n) is 1.02. The summed E-state index contributed by atoms with van der Waals surface area (Å²) < 4.78 is 13.7. The molecule has 0 fully saturated rings. The summed E-state index contributed by atoms with van der Waals surface area (Å²) in [6.07, 6.45) is 0. The average molecular weight is 152 g/mol. The summed E-state index contributed by atoms with van der Waals surface area (Å²) in [6, 6.07) is 0. The summed E-state index contributed by atoms with van der Waals surface area (Å²) in [5, 5.41) is 7.57. The Morgan fingerprint density at radius 1 is 1.56 bits per heavy atom. The molecule has 56 valence electrons. The van der Waals surface area contributed by atoms with Crippen molar-refractivity contribution < 1.29 is 18.8 Å². The zero-order valence-corrected chi connectivity index (χ0v) is 6.63. The molecule has 4 nitrogen and oxygen atoms in total. The molecule has 0 aromatic carbocycles. The van der Waals surface area contributed by atoms with Crippen LogP contribution in [0.3, 0.4) is 0 Å². The maximum Gasteiger partial charge on any atom is 0.764 e. The van der Waals surface area contributed by atoms with Gasteiger partial charge in [0.25, 0.3) is 0 Å². The molecular weight excluding hydrogens is 140 g/mol. The number of aliphatic hydroxyl groups is 1. The highest BCUT2D eigenvalue weighted by Crippen LogP contribution is 1.63. The molecule has 0 saturated carbocycles. The largest absolute Gasteiger partial charge is 0.764 e. The van der Waals surface area contributed by atoms with Gasteiger partial charge in [0, 0.05) is 6.61 Å². The fraction of sp³-hybridized carbons (Fsp3) is 1.00. The van der Waals surface area contributed by atoms with Gasteiger partial charge in [-0.2, -0.15) is 0 Å². The van der Waals surface area contributed by atoms with E-state index in [1.807, 2.05) is 0 Å². The summed E-state index contributed by atoms with van der Waals surface area (Å²) in [7, 11) is -2.64. The smallest absolute Gasteiger partial charge is 0.511 e. The van der Waals surface area contributed by atoms with Gasteiger partial charge in [-0.05, 0) is 13.8 Å². The first-order chi connectivity index (χ1) is 4.18. The molecular formula is C4H12O4Si. The Morgan fingerprint density at radius 2 is 1.89 bits per heavy atom. The van der Waals surface area contributed by atoms with Crippen molar-refractivity contribution in [3.05, 3.63) is 0 Å². The van der Waals surface area contributed by atoms with Gasteiger partial charge in [0.05, 0.1) is 6.61 Å². The molecule has 0 heterocycles. The quantitative estimate of drug-likeness (QED) is 0.520. The van der Waals surface area contributed by atoms with Crippen LogP contribution in [0.1, 0.15) is 13.8 Å². The minimum atomic E-state index is -2.64. The van der Waals surface area contributed by atoms with E-state index >= 15 is 0 Å². The highest BCUT2D eigenvalue weighted by Gasteiger charge is 1.97. The maximum absolute atomic E-state index is 9.56. The Bertz CT molecular complexity index is 65.6. The van der Waals surface area contributed by atoms with Crippen molar-refractivity contribution in [2.24, 2.45) is 0 Å². The van der Waals surface area contributed by atoms with Crippen molar-refractivity contribution in [3.63, 3.8) is 0 Å². The Labute approximate surface area is 56.0 Å². The van der Waals surface area contributed by atoms with E-state index in [0.29, 0.717) is 6.61 Å². The second-order valence-corrected chi connectivity index (χ2v) is 1.84. The second kappa shape index (κ2) is 10.5. The van der Waals surface area contributed by atoms with E-state index in [-0.39, 0.29) is 6.61 Å². The van der Waals surface area contributed by atoms with E-state index in [4.69, 9.17) is 9.90 Å². The lowest BCUT2D eigenvalue weighted by atomic mass is 10.9. The van der Waals surface area contributed by atoms with Gasteiger partial charge in [0.1, 0.15) is 0 Å². The molecule has 0 saturated heterocycles. The first-order valence-electron chi connectivity index (χ1n) is 2.65. The van der Waals surface area contributed by atoms with Gasteiger partial charge in [-0.25, -0.2) is 0 Å². The zero-order chi connectivity index (χ0) is 7.70. The van der Waals surface area contributed by atoms with Crippen LogP contribution in [-0.4, -0.2) is 32.3 Å². The van der Waals surface area contributed by atoms with E-state index in [0.717, 1.165) is 0 Å². The minimum absolute atomic E-state index is 0.250. The van der Waals surface area contributed by atoms with Gasteiger partial charge in [-0.3, -0.25) is 4.46 Å². The Hall–Kier alpha value is -0.423. The molecule has 0 bridgehead atoms. The molecule has 0 aromatic heterocycles. The van der Waals surface area contributed by atoms with E-state index in [1.54, 1.807) is 13.8 Å². The predicted molar refractivity (Wildman–Crippen MR) is 33.0 cm³/mol. The molecule has 0 amide bonds. The fourth-order valence-electron chi connectivity index (χ4n) is 0.123. The summed E-state index contributed by atoms with van der Waals surface area (Å²) >= 11 is 0. The number of rotatable bonds is 2. The first-order valence-corrected chi connectivity index (χ1v) is 3.91. The van der Waals surface area contributed by atoms with Crippen LogP contribution >= 0.6 is 0 Å². The standard InChI is InChI=1S/C2H6O3Si.C2H6O/c1-2-5-6(3)4;1-2-3/h3H,2H2,1H3;3H,2H2,1H3. The Morgan fingerprint density at radius 3 is 1.89 bits per heavy atom. The van der Waals surface area contributed by atoms with Crippen LogP contribution in [0.25, 0.3) is 0 Å². The van der Waals surface area contributed by atoms with E-state index < -0.39 is 9.17 Å². The summed E-state index contributed by atoms with van der Waals surface area (Å²) in [4.78, 5) is 7.88. The van der Waals surface area contributed by atoms with E-state index in [9.17, 15) is 4.46 Å². The topological polar surface area (TPSA) is 66.8 Å². The molecule has 0 rings (SSSR count). The third kappa shape index (κ3) is 35.5. The van der Waals surface area contributed by atoms with Crippen LogP contribution in [-0.2, 0) is 8.89 Å². The highest BCUT2D eigenvalue weighted by atomic mass is 28.3. The van der Waals surface area contributed by atoms with Crippen LogP contribution < -0.4 is 0 Å². The molecule has 2 N–H and O–H groups in total. The van der Waals surface area contributed by atoms with Gasteiger partial charge in [-0.1, -0.05) is 0 Å². The normalized spacial score (nSPS) is 7.00. The summed E-state index contributed by atoms with van der Waals surface area (Å²) in [6.45, 7) is 3.91. The van der Waals surface area contributed by atoms with Gasteiger partial charge >= 0.3 is 9.17 Å². The molecule has 0 atom stereocenters. The number of aliphatic hydroxyl groups excluding tert-OH is 1. The first kappa shape index (κ1) is 11.4. The van der Waals surface area contributed by atoms with Gasteiger partial charge in [0.2, 0.25) is 0 Å². The predicted octanol–water partition coefficient (Wildman–Crippen LogP) is -0.571. The van der Waals surface area contributed by atoms with Gasteiger partial charge < -0.3 is 14.3 Å². The Balaban J connectivity index is 0. The number of hydrogen-bond donors (Lipinski definition) is 2. The minimum Gasteiger partial charge on any atom is -0.511 e. The zero-order valence-electron chi connectivity index (χ0n) is 5.63. The Kier molecular flexibility index (Phi) is 13.3. The SMILES string of the molecule is CCO.CCO[Si](=O)O. The monoisotopic (exact) mass is 152 g/mol. The lowest BCUT2D eigenvalue weighted by Gasteiger charge is -1.86. The van der Waals surface area contributed by atoms with Gasteiger partial charge in [0.15, 0.2) is 0 Å². The van der Waals surface area contributed by atoms with E-state index in [2.05, 4.69) is 4.43 Å². The lowest BCUT2D eigenvalue weighted by molar-refractivity contribution is 0.236. The molecule has 0 aliphatic rings. The molecule has 0 aromatic rings. The van der Waals surface area contributed by atoms with Crippen molar-refractivity contribution in [2.45, 2.75) is 13.8 Å². The molecule has 0 aliphatic heterocycles. The van der Waals surface area contributed by atoms with Crippen molar-refractivity contribution in [1.29, 1.82) is 0 Å². The number of hydrogen-bond acceptors (Lipinski definition) is 3. The van der Waals surface area contributed by atoms with Crippen molar-refractivity contribution in [3.8, 4) is 0 Å². The molecule has 9 heavy (non-hydrogen) atoms. The van der Waals surface area contributed by atoms with Gasteiger partial charge in [-0.15, -0.1) is 0 Å². The molecule has 0 radical (unpaired) electrons.